The van der Waals surface area contributed by atoms with Crippen molar-refractivity contribution in [1.82, 2.24) is 14.5 Å². The van der Waals surface area contributed by atoms with Gasteiger partial charge in [0.05, 0.1) is 0 Å². The molecule has 0 bridgehead atoms. The molecule has 4 aromatic carbocycles. The van der Waals surface area contributed by atoms with E-state index in [-0.39, 0.29) is 26.5 Å². The summed E-state index contributed by atoms with van der Waals surface area (Å²) >= 11 is 0. The Kier molecular flexibility index (Phi) is 9.30. The van der Waals surface area contributed by atoms with Gasteiger partial charge in [0.25, 0.3) is 0 Å². The molecule has 0 saturated heterocycles. The van der Waals surface area contributed by atoms with Crippen LogP contribution in [0.5, 0.6) is 11.5 Å². The van der Waals surface area contributed by atoms with Crippen molar-refractivity contribution in [2.24, 2.45) is 0 Å². The van der Waals surface area contributed by atoms with Gasteiger partial charge in [0.1, 0.15) is 5.82 Å². The molecule has 4 nitrogen and oxygen atoms in total. The molecule has 0 saturated carbocycles. The molecule has 7 aromatic rings. The molecule has 3 aromatic heterocycles. The van der Waals surface area contributed by atoms with Gasteiger partial charge in [-0.1, -0.05) is 118 Å². The number of aromatic nitrogens is 3. The van der Waals surface area contributed by atoms with Gasteiger partial charge in [-0.05, 0) is 63.5 Å². The second-order valence-corrected chi connectivity index (χ2v) is 19.9. The summed E-state index contributed by atoms with van der Waals surface area (Å²) in [6, 6.07) is 44.0. The molecular formula is C42H39N3OPtSi. The number of nitrogens with zero attached hydrogens (tertiary/aromatic N) is 3. The minimum Gasteiger partial charge on any atom is -0.503 e. The quantitative estimate of drug-likeness (QED) is 0.119. The first-order valence-electron chi connectivity index (χ1n) is 16.2. The molecule has 0 aliphatic rings. The summed E-state index contributed by atoms with van der Waals surface area (Å²) in [4.78, 5) is 9.49. The van der Waals surface area contributed by atoms with E-state index in [0.717, 1.165) is 50.5 Å². The molecule has 0 aliphatic heterocycles. The van der Waals surface area contributed by atoms with Gasteiger partial charge in [-0.2, -0.15) is 6.07 Å². The minimum absolute atomic E-state index is 0. The predicted octanol–water partition coefficient (Wildman–Crippen LogP) is 11.0. The number of rotatable bonds is 7. The summed E-state index contributed by atoms with van der Waals surface area (Å²) in [6.45, 7) is 13.9. The Morgan fingerprint density at radius 1 is 0.729 bits per heavy atom. The van der Waals surface area contributed by atoms with E-state index < -0.39 is 8.07 Å². The normalized spacial score (nSPS) is 11.9. The van der Waals surface area contributed by atoms with Gasteiger partial charge in [-0.25, -0.2) is 4.98 Å². The van der Waals surface area contributed by atoms with Crippen LogP contribution in [0, 0.1) is 12.1 Å². The summed E-state index contributed by atoms with van der Waals surface area (Å²) in [7, 11) is -1.31. The van der Waals surface area contributed by atoms with E-state index in [0.29, 0.717) is 11.5 Å². The molecule has 0 amide bonds. The second-order valence-electron chi connectivity index (χ2n) is 14.5. The first kappa shape index (κ1) is 33.6. The Balaban J connectivity index is 0.00000401. The fourth-order valence-electron chi connectivity index (χ4n) is 6.40. The van der Waals surface area contributed by atoms with Crippen LogP contribution in [0.3, 0.4) is 0 Å². The monoisotopic (exact) mass is 824 g/mol. The number of hydrogen-bond acceptors (Lipinski definition) is 3. The minimum atomic E-state index is -1.31. The van der Waals surface area contributed by atoms with Crippen molar-refractivity contribution in [3.05, 3.63) is 139 Å². The number of pyridine rings is 2. The molecule has 0 N–H and O–H groups in total. The maximum atomic E-state index is 6.65. The molecule has 0 aliphatic carbocycles. The van der Waals surface area contributed by atoms with Gasteiger partial charge in [0, 0.05) is 37.5 Å². The van der Waals surface area contributed by atoms with E-state index in [1.807, 2.05) is 36.7 Å². The topological polar surface area (TPSA) is 39.9 Å². The number of hydrogen-bond donors (Lipinski definition) is 0. The van der Waals surface area contributed by atoms with Crippen LogP contribution in [-0.4, -0.2) is 22.6 Å². The number of para-hydroxylation sites is 1. The summed E-state index contributed by atoms with van der Waals surface area (Å²) in [5.74, 6) is 2.12. The van der Waals surface area contributed by atoms with Crippen LogP contribution in [0.2, 0.25) is 19.6 Å². The zero-order valence-electron chi connectivity index (χ0n) is 28.2. The van der Waals surface area contributed by atoms with Gasteiger partial charge < -0.3 is 14.3 Å². The molecule has 3 heterocycles. The third-order valence-corrected chi connectivity index (χ3v) is 9.85. The molecule has 6 heteroatoms. The zero-order chi connectivity index (χ0) is 32.8. The van der Waals surface area contributed by atoms with Crippen molar-refractivity contribution in [2.75, 3.05) is 0 Å². The average molecular weight is 825 g/mol. The van der Waals surface area contributed by atoms with Gasteiger partial charge in [0.15, 0.2) is 0 Å². The van der Waals surface area contributed by atoms with E-state index in [2.05, 4.69) is 141 Å². The van der Waals surface area contributed by atoms with Crippen LogP contribution in [0.1, 0.15) is 31.9 Å². The third kappa shape index (κ3) is 6.94. The molecule has 7 rings (SSSR count). The summed E-state index contributed by atoms with van der Waals surface area (Å²) in [5, 5.41) is 2.27. The van der Waals surface area contributed by atoms with Gasteiger partial charge in [-0.3, -0.25) is 0 Å². The Morgan fingerprint density at radius 3 is 2.27 bits per heavy atom. The van der Waals surface area contributed by atoms with Crippen LogP contribution < -0.4 is 4.74 Å². The maximum Gasteiger partial charge on any atom is 2.00 e. The van der Waals surface area contributed by atoms with Crippen molar-refractivity contribution in [1.29, 1.82) is 0 Å². The molecule has 0 radical (unpaired) electrons. The van der Waals surface area contributed by atoms with E-state index in [9.17, 15) is 0 Å². The fraction of sp³-hybridized carbons (Fsp3) is 0.190. The fourth-order valence-corrected chi connectivity index (χ4v) is 7.84. The number of fused-ring (bicyclic) bond motifs is 3. The van der Waals surface area contributed by atoms with Crippen LogP contribution >= 0.6 is 0 Å². The standard InChI is InChI=1S/C42H39N3OSi.Pt/c1-42(2,3)37-15-9-7-13-34(37)30-24-31(38-16-11-12-21-43-38)26-33(25-30)46-32-18-19-36-35-14-8-10-17-39(35)45(40(36)27-32)41-23-29(20-22-44-41)28-47(4,5)6;/h7-25H,28H2,1-6H3;/q-2;+2. The summed E-state index contributed by atoms with van der Waals surface area (Å²) < 4.78 is 8.86. The Morgan fingerprint density at radius 2 is 1.50 bits per heavy atom. The van der Waals surface area contributed by atoms with Crippen LogP contribution in [0.15, 0.2) is 116 Å². The van der Waals surface area contributed by atoms with Crippen molar-refractivity contribution >= 4 is 29.9 Å². The van der Waals surface area contributed by atoms with E-state index in [4.69, 9.17) is 9.72 Å². The van der Waals surface area contributed by atoms with E-state index in [1.54, 1.807) is 0 Å². The zero-order valence-corrected chi connectivity index (χ0v) is 31.5. The van der Waals surface area contributed by atoms with Crippen molar-refractivity contribution in [2.45, 2.75) is 51.9 Å². The maximum absolute atomic E-state index is 6.65. The third-order valence-electron chi connectivity index (χ3n) is 8.38. The molecular weight excluding hydrogens is 786 g/mol. The van der Waals surface area contributed by atoms with Crippen LogP contribution in [-0.2, 0) is 32.5 Å². The number of ether oxygens (including phenoxy) is 1. The first-order valence-corrected chi connectivity index (χ1v) is 19.9. The van der Waals surface area contributed by atoms with Crippen molar-refractivity contribution < 1.29 is 25.8 Å². The predicted molar refractivity (Wildman–Crippen MR) is 197 cm³/mol. The van der Waals surface area contributed by atoms with Crippen LogP contribution in [0.4, 0.5) is 0 Å². The van der Waals surface area contributed by atoms with Gasteiger partial charge in [-0.15, -0.1) is 29.1 Å². The van der Waals surface area contributed by atoms with Gasteiger partial charge >= 0.3 is 21.1 Å². The molecule has 48 heavy (non-hydrogen) atoms. The Hall–Kier alpha value is -4.31. The van der Waals surface area contributed by atoms with Crippen molar-refractivity contribution in [3.8, 4) is 39.7 Å². The summed E-state index contributed by atoms with van der Waals surface area (Å²) in [6.07, 6.45) is 3.74. The Bertz CT molecular complexity index is 2230. The molecule has 0 unspecified atom stereocenters. The van der Waals surface area contributed by atoms with Gasteiger partial charge in [0.2, 0.25) is 0 Å². The molecule has 0 spiro atoms. The van der Waals surface area contributed by atoms with Crippen molar-refractivity contribution in [3.63, 3.8) is 0 Å². The smallest absolute Gasteiger partial charge is 0.503 e. The van der Waals surface area contributed by atoms with Crippen LogP contribution in [0.25, 0.3) is 50.0 Å². The second kappa shape index (κ2) is 13.3. The largest absolute Gasteiger partial charge is 2.00 e. The molecule has 0 atom stereocenters. The average Bonchev–Trinajstić information content (AvgIpc) is 3.37. The summed E-state index contributed by atoms with van der Waals surface area (Å²) in [5.41, 5.74) is 8.52. The first-order chi connectivity index (χ1) is 22.5. The molecule has 242 valence electrons. The van der Waals surface area contributed by atoms with E-state index >= 15 is 0 Å². The number of benzene rings is 4. The Labute approximate surface area is 299 Å². The SMILES string of the molecule is CC(C)(C)c1ccccc1-c1cc(Oc2[c-]c3c(cc2)c2ccccc2n3-c2cc(C[Si](C)(C)C)ccn2)[c-]c(-c2ccccn2)c1.[Pt+2]. The van der Waals surface area contributed by atoms with E-state index in [1.165, 1.54) is 16.7 Å². The molecule has 0 fully saturated rings.